The molecule has 1 aliphatic heterocycles. The molecule has 0 radical (unpaired) electrons. The Kier molecular flexibility index (Phi) is 9.15. The topological polar surface area (TPSA) is 90.0 Å². The molecule has 1 heterocycles. The van der Waals surface area contributed by atoms with E-state index < -0.39 is 29.4 Å². The number of carboxylic acid groups (broad SMARTS) is 1. The van der Waals surface area contributed by atoms with Gasteiger partial charge in [0.2, 0.25) is 11.8 Å². The quantitative estimate of drug-likeness (QED) is 0.351. The summed E-state index contributed by atoms with van der Waals surface area (Å²) in [5.74, 6) is -2.95. The van der Waals surface area contributed by atoms with Gasteiger partial charge < -0.3 is 15.3 Å². The largest absolute Gasteiger partial charge is 0.481 e. The van der Waals surface area contributed by atoms with Gasteiger partial charge in [0.1, 0.15) is 5.82 Å². The van der Waals surface area contributed by atoms with E-state index >= 15 is 0 Å². The first kappa shape index (κ1) is 29.5. The summed E-state index contributed by atoms with van der Waals surface area (Å²) in [5, 5.41) is 12.1. The Hall–Kier alpha value is -3.44. The van der Waals surface area contributed by atoms with Crippen molar-refractivity contribution in [3.05, 3.63) is 76.1 Å². The first-order chi connectivity index (χ1) is 18.9. The molecule has 12 heteroatoms. The molecule has 1 atom stereocenters. The second-order valence-electron chi connectivity index (χ2n) is 10.1. The second kappa shape index (κ2) is 12.4. The van der Waals surface area contributed by atoms with Crippen molar-refractivity contribution >= 4 is 35.5 Å². The highest BCUT2D eigenvalue weighted by atomic mass is 35.5. The van der Waals surface area contributed by atoms with E-state index in [0.29, 0.717) is 43.6 Å². The molecule has 1 unspecified atom stereocenters. The van der Waals surface area contributed by atoms with Crippen molar-refractivity contribution in [3.8, 4) is 0 Å². The molecule has 0 aromatic heterocycles. The number of amides is 2. The van der Waals surface area contributed by atoms with Crippen LogP contribution in [0.4, 0.5) is 17.6 Å². The molecule has 1 aliphatic carbocycles. The summed E-state index contributed by atoms with van der Waals surface area (Å²) in [4.78, 5) is 40.4. The molecule has 1 saturated heterocycles. The number of carbonyl (C=O) groups excluding carboxylic acids is 2. The van der Waals surface area contributed by atoms with Crippen molar-refractivity contribution < 1.29 is 37.1 Å². The third-order valence-corrected chi connectivity index (χ3v) is 7.55. The molecule has 0 spiro atoms. The number of nitrogens with one attached hydrogen (secondary N) is 1. The van der Waals surface area contributed by atoms with Crippen molar-refractivity contribution in [1.82, 2.24) is 15.1 Å². The summed E-state index contributed by atoms with van der Waals surface area (Å²) in [6, 6.07) is 8.81. The van der Waals surface area contributed by atoms with Crippen LogP contribution >= 0.6 is 11.6 Å². The lowest BCUT2D eigenvalue weighted by atomic mass is 9.74. The number of alkyl halides is 3. The van der Waals surface area contributed by atoms with Crippen LogP contribution in [0.2, 0.25) is 5.02 Å². The fraction of sp³-hybridized carbons (Fsp3) is 0.393. The maximum absolute atomic E-state index is 14.0. The molecule has 2 aliphatic rings. The van der Waals surface area contributed by atoms with Crippen molar-refractivity contribution in [2.24, 2.45) is 11.8 Å². The van der Waals surface area contributed by atoms with Crippen LogP contribution in [0.1, 0.15) is 35.6 Å². The van der Waals surface area contributed by atoms with E-state index in [2.05, 4.69) is 10.2 Å². The highest BCUT2D eigenvalue weighted by Crippen LogP contribution is 2.36. The summed E-state index contributed by atoms with van der Waals surface area (Å²) in [5.41, 5.74) is -0.470. The van der Waals surface area contributed by atoms with Crippen LogP contribution in [0.25, 0.3) is 6.08 Å². The number of carbonyl (C=O) groups is 3. The molecule has 1 saturated carbocycles. The van der Waals surface area contributed by atoms with Gasteiger partial charge in [-0.15, -0.1) is 0 Å². The molecule has 2 aromatic rings. The van der Waals surface area contributed by atoms with Crippen LogP contribution in [0.3, 0.4) is 0 Å². The van der Waals surface area contributed by atoms with Gasteiger partial charge in [0.15, 0.2) is 0 Å². The van der Waals surface area contributed by atoms with Crippen molar-refractivity contribution in [3.63, 3.8) is 0 Å². The Morgan fingerprint density at radius 1 is 1.07 bits per heavy atom. The van der Waals surface area contributed by atoms with Gasteiger partial charge in [-0.05, 0) is 54.7 Å². The third-order valence-electron chi connectivity index (χ3n) is 7.30. The molecule has 2 amide bonds. The maximum atomic E-state index is 14.0. The number of benzene rings is 2. The van der Waals surface area contributed by atoms with E-state index in [9.17, 15) is 31.9 Å². The van der Waals surface area contributed by atoms with E-state index in [4.69, 9.17) is 16.7 Å². The summed E-state index contributed by atoms with van der Waals surface area (Å²) >= 11 is 6.04. The number of hydrogen-bond donors (Lipinski definition) is 2. The average molecular weight is 582 g/mol. The van der Waals surface area contributed by atoms with Gasteiger partial charge in [0.25, 0.3) is 0 Å². The van der Waals surface area contributed by atoms with Crippen LogP contribution in [0, 0.1) is 17.7 Å². The Bertz CT molecular complexity index is 1280. The molecule has 4 rings (SSSR count). The molecule has 2 aromatic carbocycles. The molecule has 214 valence electrons. The number of halogens is 5. The van der Waals surface area contributed by atoms with Gasteiger partial charge in [-0.2, -0.15) is 13.2 Å². The standard InChI is InChI=1S/C28H28ClF4N3O4/c29-22-6-2-19(3-7-22)24-16-35(15-17-11-20(12-17)27(39)40)9-10-36(24)26(38)14-34-25(37)8-4-18-1-5-21(13-23(18)30)28(31,32)33/h1-8,13,17,20,24H,9-12,14-16H2,(H,34,37)(H,39,40)/b8-4+. The minimum Gasteiger partial charge on any atom is -0.481 e. The number of carboxylic acids is 1. The Morgan fingerprint density at radius 3 is 2.40 bits per heavy atom. The van der Waals surface area contributed by atoms with E-state index in [1.54, 1.807) is 17.0 Å². The Labute approximate surface area is 233 Å². The number of nitrogens with zero attached hydrogens (tertiary/aromatic N) is 2. The average Bonchev–Trinajstić information content (AvgIpc) is 2.88. The summed E-state index contributed by atoms with van der Waals surface area (Å²) in [6.07, 6.45) is -1.42. The number of piperazine rings is 1. The molecule has 40 heavy (non-hydrogen) atoms. The zero-order valence-electron chi connectivity index (χ0n) is 21.3. The van der Waals surface area contributed by atoms with E-state index in [-0.39, 0.29) is 35.9 Å². The molecule has 7 nitrogen and oxygen atoms in total. The zero-order chi connectivity index (χ0) is 29.0. The Balaban J connectivity index is 1.36. The highest BCUT2D eigenvalue weighted by Gasteiger charge is 2.38. The van der Waals surface area contributed by atoms with Gasteiger partial charge in [-0.3, -0.25) is 19.3 Å². The highest BCUT2D eigenvalue weighted by molar-refractivity contribution is 6.30. The smallest absolute Gasteiger partial charge is 0.416 e. The summed E-state index contributed by atoms with van der Waals surface area (Å²) in [7, 11) is 0. The van der Waals surface area contributed by atoms with Crippen LogP contribution in [-0.2, 0) is 20.6 Å². The predicted molar refractivity (Wildman–Crippen MR) is 140 cm³/mol. The van der Waals surface area contributed by atoms with Crippen LogP contribution in [-0.4, -0.2) is 65.4 Å². The normalized spacial score (nSPS) is 21.7. The molecular formula is C28H28ClF4N3O4. The van der Waals surface area contributed by atoms with Gasteiger partial charge in [-0.1, -0.05) is 29.8 Å². The van der Waals surface area contributed by atoms with Crippen LogP contribution < -0.4 is 5.32 Å². The first-order valence-electron chi connectivity index (χ1n) is 12.7. The lowest BCUT2D eigenvalue weighted by Gasteiger charge is -2.44. The number of rotatable bonds is 8. The minimum absolute atomic E-state index is 0.200. The van der Waals surface area contributed by atoms with Crippen LogP contribution in [0.15, 0.2) is 48.5 Å². The number of aliphatic carboxylic acids is 1. The van der Waals surface area contributed by atoms with Gasteiger partial charge in [0.05, 0.1) is 24.1 Å². The lowest BCUT2D eigenvalue weighted by molar-refractivity contribution is -0.147. The third kappa shape index (κ3) is 7.39. The number of hydrogen-bond acceptors (Lipinski definition) is 4. The molecule has 0 bridgehead atoms. The summed E-state index contributed by atoms with van der Waals surface area (Å²) < 4.78 is 52.2. The van der Waals surface area contributed by atoms with Crippen LogP contribution in [0.5, 0.6) is 0 Å². The van der Waals surface area contributed by atoms with Gasteiger partial charge >= 0.3 is 12.1 Å². The fourth-order valence-corrected chi connectivity index (χ4v) is 5.18. The SMILES string of the molecule is O=C(/C=C/c1ccc(C(F)(F)F)cc1F)NCC(=O)N1CCN(CC2CC(C(=O)O)C2)CC1c1ccc(Cl)cc1. The van der Waals surface area contributed by atoms with Crippen molar-refractivity contribution in [2.45, 2.75) is 25.1 Å². The van der Waals surface area contributed by atoms with Crippen molar-refractivity contribution in [2.75, 3.05) is 32.7 Å². The lowest BCUT2D eigenvalue weighted by Crippen LogP contribution is -2.54. The maximum Gasteiger partial charge on any atom is 0.416 e. The molecular weight excluding hydrogens is 554 g/mol. The van der Waals surface area contributed by atoms with E-state index in [0.717, 1.165) is 36.4 Å². The molecule has 2 N–H and O–H groups in total. The zero-order valence-corrected chi connectivity index (χ0v) is 22.1. The first-order valence-corrected chi connectivity index (χ1v) is 13.1. The van der Waals surface area contributed by atoms with Gasteiger partial charge in [-0.25, -0.2) is 4.39 Å². The monoisotopic (exact) mass is 581 g/mol. The molecule has 2 fully saturated rings. The predicted octanol–water partition coefficient (Wildman–Crippen LogP) is 4.62. The van der Waals surface area contributed by atoms with E-state index in [1.807, 2.05) is 12.1 Å². The van der Waals surface area contributed by atoms with E-state index in [1.165, 1.54) is 0 Å². The second-order valence-corrected chi connectivity index (χ2v) is 10.5. The minimum atomic E-state index is -4.68. The Morgan fingerprint density at radius 2 is 1.77 bits per heavy atom. The van der Waals surface area contributed by atoms with Crippen molar-refractivity contribution in [1.29, 1.82) is 0 Å². The fourth-order valence-electron chi connectivity index (χ4n) is 5.05. The summed E-state index contributed by atoms with van der Waals surface area (Å²) in [6.45, 7) is 1.92. The van der Waals surface area contributed by atoms with Gasteiger partial charge in [0, 0.05) is 42.8 Å².